The molecule has 3 nitrogen and oxygen atoms in total. The number of nitrogens with one attached hydrogen (secondary N) is 1. The summed E-state index contributed by atoms with van der Waals surface area (Å²) in [5, 5.41) is 3.66. The van der Waals surface area contributed by atoms with Gasteiger partial charge in [-0.25, -0.2) is 0 Å². The van der Waals surface area contributed by atoms with Gasteiger partial charge in [0, 0.05) is 23.7 Å². The molecule has 2 bridgehead atoms. The number of hydrogen-bond acceptors (Lipinski definition) is 3. The molecule has 2 aliphatic heterocycles. The van der Waals surface area contributed by atoms with Crippen molar-refractivity contribution in [2.24, 2.45) is 5.92 Å². The fraction of sp³-hybridized carbons (Fsp3) is 0.733. The fourth-order valence-corrected chi connectivity index (χ4v) is 3.95. The van der Waals surface area contributed by atoms with E-state index in [0.717, 1.165) is 24.5 Å². The van der Waals surface area contributed by atoms with Crippen LogP contribution >= 0.6 is 0 Å². The van der Waals surface area contributed by atoms with Crippen LogP contribution in [0.1, 0.15) is 44.2 Å². The van der Waals surface area contributed by atoms with Gasteiger partial charge in [-0.3, -0.25) is 0 Å². The molecule has 3 unspecified atom stereocenters. The van der Waals surface area contributed by atoms with Crippen molar-refractivity contribution in [3.05, 3.63) is 24.2 Å². The predicted octanol–water partition coefficient (Wildman–Crippen LogP) is 2.80. The molecule has 2 fully saturated rings. The van der Waals surface area contributed by atoms with Gasteiger partial charge in [0.05, 0.1) is 12.5 Å². The van der Waals surface area contributed by atoms with Crippen molar-refractivity contribution in [2.75, 3.05) is 13.6 Å². The molecule has 100 valence electrons. The number of piperidine rings is 1. The van der Waals surface area contributed by atoms with E-state index in [1.807, 2.05) is 6.26 Å². The maximum Gasteiger partial charge on any atom is 0.0950 e. The summed E-state index contributed by atoms with van der Waals surface area (Å²) < 4.78 is 5.27. The number of furan rings is 1. The van der Waals surface area contributed by atoms with Crippen LogP contribution in [0, 0.1) is 5.92 Å². The lowest BCUT2D eigenvalue weighted by Crippen LogP contribution is -2.43. The monoisotopic (exact) mass is 248 g/mol. The second-order valence-electron chi connectivity index (χ2n) is 5.87. The third-order valence-corrected chi connectivity index (χ3v) is 4.93. The van der Waals surface area contributed by atoms with Gasteiger partial charge in [0.1, 0.15) is 0 Å². The van der Waals surface area contributed by atoms with Crippen molar-refractivity contribution >= 4 is 0 Å². The van der Waals surface area contributed by atoms with Gasteiger partial charge in [0.15, 0.2) is 0 Å². The molecular weight excluding hydrogens is 224 g/mol. The number of nitrogens with zero attached hydrogens (tertiary/aromatic N) is 1. The van der Waals surface area contributed by atoms with Crippen molar-refractivity contribution in [2.45, 2.75) is 50.7 Å². The Morgan fingerprint density at radius 1 is 1.39 bits per heavy atom. The zero-order valence-corrected chi connectivity index (χ0v) is 11.4. The third-order valence-electron chi connectivity index (χ3n) is 4.93. The minimum atomic E-state index is 0.477. The van der Waals surface area contributed by atoms with Crippen molar-refractivity contribution in [3.8, 4) is 0 Å². The van der Waals surface area contributed by atoms with Crippen molar-refractivity contribution in [1.29, 1.82) is 0 Å². The Bertz CT molecular complexity index is 362. The summed E-state index contributed by atoms with van der Waals surface area (Å²) in [6.45, 7) is 3.22. The molecule has 2 aliphatic rings. The van der Waals surface area contributed by atoms with Crippen molar-refractivity contribution in [1.82, 2.24) is 10.2 Å². The van der Waals surface area contributed by atoms with Gasteiger partial charge in [-0.2, -0.15) is 0 Å². The molecule has 0 aromatic carbocycles. The summed E-state index contributed by atoms with van der Waals surface area (Å²) in [4.78, 5) is 2.61. The molecule has 0 radical (unpaired) electrons. The van der Waals surface area contributed by atoms with Crippen LogP contribution in [0.2, 0.25) is 0 Å². The summed E-state index contributed by atoms with van der Waals surface area (Å²) in [5.74, 6) is 0.760. The molecule has 3 atom stereocenters. The first-order valence-corrected chi connectivity index (χ1v) is 7.27. The molecule has 3 heteroatoms. The number of hydrogen-bond donors (Lipinski definition) is 1. The van der Waals surface area contributed by atoms with E-state index in [1.54, 1.807) is 6.26 Å². The molecule has 0 saturated carbocycles. The molecule has 3 heterocycles. The van der Waals surface area contributed by atoms with Gasteiger partial charge in [-0.15, -0.1) is 0 Å². The van der Waals surface area contributed by atoms with E-state index < -0.39 is 0 Å². The Morgan fingerprint density at radius 3 is 2.67 bits per heavy atom. The Labute approximate surface area is 110 Å². The highest BCUT2D eigenvalue weighted by Crippen LogP contribution is 2.42. The molecule has 1 aromatic rings. The van der Waals surface area contributed by atoms with Crippen LogP contribution in [0.4, 0.5) is 0 Å². The van der Waals surface area contributed by atoms with Gasteiger partial charge in [-0.05, 0) is 51.3 Å². The quantitative estimate of drug-likeness (QED) is 0.888. The van der Waals surface area contributed by atoms with E-state index >= 15 is 0 Å². The summed E-state index contributed by atoms with van der Waals surface area (Å²) >= 11 is 0. The maximum absolute atomic E-state index is 5.27. The van der Waals surface area contributed by atoms with Gasteiger partial charge in [-0.1, -0.05) is 6.92 Å². The highest BCUT2D eigenvalue weighted by atomic mass is 16.3. The molecule has 1 aromatic heterocycles. The van der Waals surface area contributed by atoms with E-state index in [9.17, 15) is 0 Å². The summed E-state index contributed by atoms with van der Waals surface area (Å²) in [5.41, 5.74) is 1.32. The summed E-state index contributed by atoms with van der Waals surface area (Å²) in [7, 11) is 2.30. The molecule has 18 heavy (non-hydrogen) atoms. The molecule has 0 aliphatic carbocycles. The second-order valence-corrected chi connectivity index (χ2v) is 5.87. The first-order chi connectivity index (χ1) is 8.79. The van der Waals surface area contributed by atoms with Gasteiger partial charge < -0.3 is 14.6 Å². The molecular formula is C15H24N2O. The lowest BCUT2D eigenvalue weighted by Gasteiger charge is -2.39. The van der Waals surface area contributed by atoms with E-state index in [-0.39, 0.29) is 0 Å². The Morgan fingerprint density at radius 2 is 2.11 bits per heavy atom. The molecule has 1 N–H and O–H groups in total. The third kappa shape index (κ3) is 2.10. The maximum atomic E-state index is 5.27. The fourth-order valence-electron chi connectivity index (χ4n) is 3.95. The zero-order valence-electron chi connectivity index (χ0n) is 11.4. The SMILES string of the molecule is CCNC(c1ccoc1)C1CC2CCC(C1)N2C. The van der Waals surface area contributed by atoms with Crippen LogP contribution < -0.4 is 5.32 Å². The van der Waals surface area contributed by atoms with Gasteiger partial charge >= 0.3 is 0 Å². The minimum Gasteiger partial charge on any atom is -0.472 e. The Kier molecular flexibility index (Phi) is 3.44. The molecule has 0 amide bonds. The second kappa shape index (κ2) is 5.06. The van der Waals surface area contributed by atoms with Gasteiger partial charge in [0.25, 0.3) is 0 Å². The molecule has 3 rings (SSSR count). The smallest absolute Gasteiger partial charge is 0.0950 e. The highest BCUT2D eigenvalue weighted by Gasteiger charge is 2.41. The van der Waals surface area contributed by atoms with Crippen LogP contribution in [-0.2, 0) is 0 Å². The van der Waals surface area contributed by atoms with Crippen molar-refractivity contribution in [3.63, 3.8) is 0 Å². The largest absolute Gasteiger partial charge is 0.472 e. The Balaban J connectivity index is 1.76. The van der Waals surface area contributed by atoms with Crippen LogP contribution in [0.3, 0.4) is 0 Å². The van der Waals surface area contributed by atoms with E-state index in [2.05, 4.69) is 30.3 Å². The normalized spacial score (nSPS) is 33.8. The lowest BCUT2D eigenvalue weighted by atomic mass is 9.82. The standard InChI is InChI=1S/C15H24N2O/c1-3-16-15(11-6-7-18-10-11)12-8-13-4-5-14(9-12)17(13)2/h6-7,10,12-16H,3-5,8-9H2,1-2H3. The Hall–Kier alpha value is -0.800. The van der Waals surface area contributed by atoms with E-state index in [4.69, 9.17) is 4.42 Å². The molecule has 0 spiro atoms. The van der Waals surface area contributed by atoms with Crippen LogP contribution in [0.25, 0.3) is 0 Å². The average molecular weight is 248 g/mol. The predicted molar refractivity (Wildman–Crippen MR) is 72.4 cm³/mol. The minimum absolute atomic E-state index is 0.477. The molecule has 2 saturated heterocycles. The first kappa shape index (κ1) is 12.2. The van der Waals surface area contributed by atoms with E-state index in [1.165, 1.54) is 31.2 Å². The highest BCUT2D eigenvalue weighted by molar-refractivity contribution is 5.14. The first-order valence-electron chi connectivity index (χ1n) is 7.27. The summed E-state index contributed by atoms with van der Waals surface area (Å²) in [6, 6.07) is 4.21. The average Bonchev–Trinajstić information content (AvgIpc) is 2.94. The van der Waals surface area contributed by atoms with Gasteiger partial charge in [0.2, 0.25) is 0 Å². The van der Waals surface area contributed by atoms with Crippen molar-refractivity contribution < 1.29 is 4.42 Å². The zero-order chi connectivity index (χ0) is 12.5. The number of rotatable bonds is 4. The van der Waals surface area contributed by atoms with Crippen LogP contribution in [0.5, 0.6) is 0 Å². The summed E-state index contributed by atoms with van der Waals surface area (Å²) in [6.07, 6.45) is 9.15. The lowest BCUT2D eigenvalue weighted by molar-refractivity contribution is 0.112. The topological polar surface area (TPSA) is 28.4 Å². The van der Waals surface area contributed by atoms with Crippen LogP contribution in [0.15, 0.2) is 23.0 Å². The van der Waals surface area contributed by atoms with Crippen LogP contribution in [-0.4, -0.2) is 30.6 Å². The van der Waals surface area contributed by atoms with E-state index in [0.29, 0.717) is 6.04 Å². The number of fused-ring (bicyclic) bond motifs is 2.